The minimum absolute atomic E-state index is 0.0148. The molecule has 2 aromatic heterocycles. The van der Waals surface area contributed by atoms with Gasteiger partial charge in [0.05, 0.1) is 6.20 Å². The van der Waals surface area contributed by atoms with Crippen LogP contribution in [0.15, 0.2) is 30.5 Å². The molecule has 8 nitrogen and oxygen atoms in total. The molecule has 0 unspecified atom stereocenters. The van der Waals surface area contributed by atoms with Gasteiger partial charge in [-0.1, -0.05) is 31.4 Å². The maximum atomic E-state index is 12.5. The smallest absolute Gasteiger partial charge is 0.251 e. The SMILES string of the molecule is C1CCOC1.CNc1cc(NC2CCCCC2)nc2c(-c3ccc(C(=O)NC4CC4)c(C)c3)cnn12. The molecule has 3 aliphatic rings. The number of hydrogen-bond acceptors (Lipinski definition) is 6. The van der Waals surface area contributed by atoms with Gasteiger partial charge in [0.2, 0.25) is 0 Å². The number of fused-ring (bicyclic) bond motifs is 1. The van der Waals surface area contributed by atoms with Gasteiger partial charge >= 0.3 is 0 Å². The standard InChI is InChI=1S/C24H30N6O.C4H8O/c1-15-12-16(8-11-19(15)24(31)28-18-9-10-18)20-14-26-30-22(25-2)13-21(29-23(20)30)27-17-6-4-3-5-7-17;1-2-4-5-3-1/h8,11-14,17-18,25H,3-7,9-10H2,1-2H3,(H,27,29)(H,28,31);1-4H2. The zero-order valence-corrected chi connectivity index (χ0v) is 21.5. The molecular formula is C28H38N6O2. The van der Waals surface area contributed by atoms with E-state index in [0.717, 1.165) is 65.6 Å². The molecule has 0 radical (unpaired) electrons. The molecule has 1 saturated heterocycles. The molecule has 0 atom stereocenters. The number of benzene rings is 1. The normalized spacial score (nSPS) is 17.9. The summed E-state index contributed by atoms with van der Waals surface area (Å²) >= 11 is 0. The number of nitrogens with one attached hydrogen (secondary N) is 3. The minimum Gasteiger partial charge on any atom is -0.381 e. The van der Waals surface area contributed by atoms with E-state index in [1.807, 2.05) is 42.9 Å². The van der Waals surface area contributed by atoms with Crippen molar-refractivity contribution in [3.05, 3.63) is 41.6 Å². The molecule has 1 amide bonds. The monoisotopic (exact) mass is 490 g/mol. The number of hydrogen-bond donors (Lipinski definition) is 3. The van der Waals surface area contributed by atoms with Crippen molar-refractivity contribution in [1.82, 2.24) is 19.9 Å². The van der Waals surface area contributed by atoms with Gasteiger partial charge in [-0.2, -0.15) is 9.61 Å². The summed E-state index contributed by atoms with van der Waals surface area (Å²) in [4.78, 5) is 17.4. The summed E-state index contributed by atoms with van der Waals surface area (Å²) in [7, 11) is 1.90. The molecule has 0 bridgehead atoms. The van der Waals surface area contributed by atoms with Crippen LogP contribution in [0.3, 0.4) is 0 Å². The van der Waals surface area contributed by atoms with E-state index in [-0.39, 0.29) is 5.91 Å². The van der Waals surface area contributed by atoms with Crippen LogP contribution in [0.4, 0.5) is 11.6 Å². The number of aryl methyl sites for hydroxylation is 1. The van der Waals surface area contributed by atoms with Crippen LogP contribution in [0, 0.1) is 6.92 Å². The first kappa shape index (κ1) is 24.6. The predicted molar refractivity (Wildman–Crippen MR) is 144 cm³/mol. The topological polar surface area (TPSA) is 92.6 Å². The maximum absolute atomic E-state index is 12.5. The largest absolute Gasteiger partial charge is 0.381 e. The van der Waals surface area contributed by atoms with Crippen molar-refractivity contribution in [2.24, 2.45) is 0 Å². The lowest BCUT2D eigenvalue weighted by molar-refractivity contribution is 0.0950. The highest BCUT2D eigenvalue weighted by Crippen LogP contribution is 2.30. The Balaban J connectivity index is 0.000000477. The average molecular weight is 491 g/mol. The minimum atomic E-state index is 0.0148. The van der Waals surface area contributed by atoms with E-state index < -0.39 is 0 Å². The highest BCUT2D eigenvalue weighted by atomic mass is 16.5. The molecule has 1 aromatic carbocycles. The number of rotatable bonds is 6. The first-order valence-corrected chi connectivity index (χ1v) is 13.4. The van der Waals surface area contributed by atoms with Gasteiger partial charge in [0.1, 0.15) is 11.6 Å². The first-order valence-electron chi connectivity index (χ1n) is 13.4. The lowest BCUT2D eigenvalue weighted by Gasteiger charge is -2.23. The third-order valence-electron chi connectivity index (χ3n) is 7.21. The summed E-state index contributed by atoms with van der Waals surface area (Å²) in [6.07, 6.45) is 12.8. The van der Waals surface area contributed by atoms with Crippen LogP contribution in [-0.4, -0.2) is 52.9 Å². The lowest BCUT2D eigenvalue weighted by Crippen LogP contribution is -2.26. The highest BCUT2D eigenvalue weighted by molar-refractivity contribution is 5.97. The van der Waals surface area contributed by atoms with E-state index in [2.05, 4.69) is 27.1 Å². The predicted octanol–water partition coefficient (Wildman–Crippen LogP) is 5.18. The second kappa shape index (κ2) is 11.3. The Kier molecular flexibility index (Phi) is 7.70. The van der Waals surface area contributed by atoms with E-state index >= 15 is 0 Å². The molecule has 3 aromatic rings. The summed E-state index contributed by atoms with van der Waals surface area (Å²) < 4.78 is 6.78. The zero-order chi connectivity index (χ0) is 24.9. The lowest BCUT2D eigenvalue weighted by atomic mass is 9.95. The average Bonchev–Trinajstić information content (AvgIpc) is 3.33. The Morgan fingerprint density at radius 1 is 1.00 bits per heavy atom. The molecule has 36 heavy (non-hydrogen) atoms. The van der Waals surface area contributed by atoms with Crippen LogP contribution < -0.4 is 16.0 Å². The molecule has 0 spiro atoms. The van der Waals surface area contributed by atoms with Crippen molar-refractivity contribution < 1.29 is 9.53 Å². The van der Waals surface area contributed by atoms with Crippen molar-refractivity contribution >= 4 is 23.2 Å². The van der Waals surface area contributed by atoms with Crippen molar-refractivity contribution in [2.45, 2.75) is 76.8 Å². The Morgan fingerprint density at radius 3 is 2.42 bits per heavy atom. The number of amides is 1. The zero-order valence-electron chi connectivity index (χ0n) is 21.5. The van der Waals surface area contributed by atoms with Gasteiger partial charge in [0, 0.05) is 49.5 Å². The van der Waals surface area contributed by atoms with Gasteiger partial charge < -0.3 is 20.7 Å². The van der Waals surface area contributed by atoms with Gasteiger partial charge in [-0.25, -0.2) is 4.98 Å². The van der Waals surface area contributed by atoms with Crippen molar-refractivity contribution in [2.75, 3.05) is 30.9 Å². The van der Waals surface area contributed by atoms with Crippen LogP contribution in [-0.2, 0) is 4.74 Å². The number of carbonyl (C=O) groups is 1. The van der Waals surface area contributed by atoms with Crippen molar-refractivity contribution in [3.63, 3.8) is 0 Å². The number of anilines is 2. The summed E-state index contributed by atoms with van der Waals surface area (Å²) in [5, 5.41) is 14.5. The van der Waals surface area contributed by atoms with Gasteiger partial charge in [-0.3, -0.25) is 4.79 Å². The summed E-state index contributed by atoms with van der Waals surface area (Å²) in [5.41, 5.74) is 4.47. The second-order valence-electron chi connectivity index (χ2n) is 10.1. The molecule has 2 aliphatic carbocycles. The number of carbonyl (C=O) groups excluding carboxylic acids is 1. The Bertz CT molecular complexity index is 1180. The molecule has 8 heteroatoms. The second-order valence-corrected chi connectivity index (χ2v) is 10.1. The van der Waals surface area contributed by atoms with E-state index in [1.54, 1.807) is 0 Å². The quantitative estimate of drug-likeness (QED) is 0.441. The van der Waals surface area contributed by atoms with Crippen LogP contribution in [0.1, 0.15) is 73.7 Å². The third-order valence-corrected chi connectivity index (χ3v) is 7.21. The van der Waals surface area contributed by atoms with Crippen molar-refractivity contribution in [1.29, 1.82) is 0 Å². The number of ether oxygens (including phenoxy) is 1. The van der Waals surface area contributed by atoms with E-state index in [4.69, 9.17) is 9.72 Å². The van der Waals surface area contributed by atoms with Crippen LogP contribution in [0.25, 0.3) is 16.8 Å². The molecule has 3 N–H and O–H groups in total. The first-order chi connectivity index (χ1) is 17.6. The summed E-state index contributed by atoms with van der Waals surface area (Å²) in [6.45, 7) is 3.99. The fourth-order valence-corrected chi connectivity index (χ4v) is 4.96. The number of nitrogens with zero attached hydrogens (tertiary/aromatic N) is 3. The molecule has 1 aliphatic heterocycles. The van der Waals surface area contributed by atoms with E-state index in [9.17, 15) is 4.79 Å². The van der Waals surface area contributed by atoms with Crippen molar-refractivity contribution in [3.8, 4) is 11.1 Å². The molecule has 2 saturated carbocycles. The van der Waals surface area contributed by atoms with Crippen LogP contribution >= 0.6 is 0 Å². The van der Waals surface area contributed by atoms with E-state index in [0.29, 0.717) is 12.1 Å². The highest BCUT2D eigenvalue weighted by Gasteiger charge is 2.24. The third kappa shape index (κ3) is 5.81. The van der Waals surface area contributed by atoms with Gasteiger partial charge in [-0.05, 0) is 62.6 Å². The fraction of sp³-hybridized carbons (Fsp3) is 0.536. The molecule has 192 valence electrons. The van der Waals surface area contributed by atoms with Gasteiger partial charge in [-0.15, -0.1) is 0 Å². The number of aromatic nitrogens is 3. The van der Waals surface area contributed by atoms with E-state index in [1.165, 1.54) is 44.9 Å². The van der Waals surface area contributed by atoms with Gasteiger partial charge in [0.25, 0.3) is 5.91 Å². The van der Waals surface area contributed by atoms with Gasteiger partial charge in [0.15, 0.2) is 5.65 Å². The molecule has 3 fully saturated rings. The fourth-order valence-electron chi connectivity index (χ4n) is 4.96. The maximum Gasteiger partial charge on any atom is 0.251 e. The summed E-state index contributed by atoms with van der Waals surface area (Å²) in [6, 6.07) is 8.81. The Hall–Kier alpha value is -3.13. The molecular weight excluding hydrogens is 452 g/mol. The van der Waals surface area contributed by atoms with Crippen LogP contribution in [0.5, 0.6) is 0 Å². The Labute approximate surface area is 213 Å². The molecule has 6 rings (SSSR count). The Morgan fingerprint density at radius 2 is 1.78 bits per heavy atom. The molecule has 3 heterocycles. The summed E-state index contributed by atoms with van der Waals surface area (Å²) in [5.74, 6) is 1.79. The van der Waals surface area contributed by atoms with Crippen LogP contribution in [0.2, 0.25) is 0 Å².